The Hall–Kier alpha value is -3.81. The molecule has 0 unspecified atom stereocenters. The van der Waals surface area contributed by atoms with E-state index in [0.717, 1.165) is 17.0 Å². The summed E-state index contributed by atoms with van der Waals surface area (Å²) in [5, 5.41) is 0. The van der Waals surface area contributed by atoms with Crippen LogP contribution in [-0.4, -0.2) is 46.8 Å². The Morgan fingerprint density at radius 1 is 0.917 bits per heavy atom. The molecule has 0 bridgehead atoms. The maximum Gasteiger partial charge on any atom is 0.309 e. The molecule has 0 atom stereocenters. The zero-order valence-corrected chi connectivity index (χ0v) is 20.3. The molecule has 1 saturated heterocycles. The summed E-state index contributed by atoms with van der Waals surface area (Å²) < 4.78 is 33.6. The predicted octanol–water partition coefficient (Wildman–Crippen LogP) is 4.71. The summed E-state index contributed by atoms with van der Waals surface area (Å²) in [6, 6.07) is 13.4. The van der Waals surface area contributed by atoms with E-state index in [9.17, 15) is 23.2 Å². The summed E-state index contributed by atoms with van der Waals surface area (Å²) in [6.07, 6.45) is 0.873. The second kappa shape index (κ2) is 10.8. The van der Waals surface area contributed by atoms with Gasteiger partial charge in [0.1, 0.15) is 11.6 Å². The zero-order chi connectivity index (χ0) is 25.8. The first-order chi connectivity index (χ1) is 17.2. The first kappa shape index (κ1) is 25.3. The van der Waals surface area contributed by atoms with Crippen molar-refractivity contribution in [2.75, 3.05) is 19.7 Å². The van der Waals surface area contributed by atoms with Gasteiger partial charge in [-0.1, -0.05) is 12.1 Å². The number of ether oxygens (including phenoxy) is 1. The number of nitrogens with zero attached hydrogens (tertiary/aromatic N) is 2. The van der Waals surface area contributed by atoms with E-state index in [2.05, 4.69) is 0 Å². The lowest BCUT2D eigenvalue weighted by molar-refractivity contribution is -0.148. The van der Waals surface area contributed by atoms with Crippen LogP contribution in [0.2, 0.25) is 0 Å². The van der Waals surface area contributed by atoms with Gasteiger partial charge in [0.25, 0.3) is 5.91 Å². The monoisotopic (exact) mass is 494 g/mol. The highest BCUT2D eigenvalue weighted by molar-refractivity contribution is 5.99. The molecule has 0 saturated carbocycles. The fourth-order valence-corrected chi connectivity index (χ4v) is 4.52. The van der Waals surface area contributed by atoms with Crippen molar-refractivity contribution in [3.63, 3.8) is 0 Å². The Bertz CT molecular complexity index is 1260. The Labute approximate surface area is 208 Å². The van der Waals surface area contributed by atoms with Gasteiger partial charge in [-0.15, -0.1) is 0 Å². The summed E-state index contributed by atoms with van der Waals surface area (Å²) in [5.41, 5.74) is 3.44. The summed E-state index contributed by atoms with van der Waals surface area (Å²) >= 11 is 0. The molecule has 0 aliphatic carbocycles. The first-order valence-corrected chi connectivity index (χ1v) is 11.9. The van der Waals surface area contributed by atoms with E-state index in [1.54, 1.807) is 23.1 Å². The fourth-order valence-electron chi connectivity index (χ4n) is 4.52. The molecule has 1 fully saturated rings. The highest BCUT2D eigenvalue weighted by Gasteiger charge is 2.29. The second-order valence-electron chi connectivity index (χ2n) is 9.10. The quantitative estimate of drug-likeness (QED) is 0.352. The third kappa shape index (κ3) is 5.70. The van der Waals surface area contributed by atoms with Gasteiger partial charge in [0, 0.05) is 42.1 Å². The Morgan fingerprint density at radius 3 is 2.11 bits per heavy atom. The number of carbonyl (C=O) groups is 3. The van der Waals surface area contributed by atoms with E-state index in [4.69, 9.17) is 4.74 Å². The lowest BCUT2D eigenvalue weighted by atomic mass is 9.96. The topological polar surface area (TPSA) is 68.6 Å². The molecule has 8 heteroatoms. The molecule has 188 valence electrons. The van der Waals surface area contributed by atoms with Crippen molar-refractivity contribution in [2.24, 2.45) is 5.92 Å². The van der Waals surface area contributed by atoms with Crippen molar-refractivity contribution in [2.45, 2.75) is 33.2 Å². The number of hydrogen-bond donors (Lipinski definition) is 0. The first-order valence-electron chi connectivity index (χ1n) is 11.9. The average molecular weight is 495 g/mol. The van der Waals surface area contributed by atoms with Crippen molar-refractivity contribution in [3.8, 4) is 0 Å². The Morgan fingerprint density at radius 2 is 1.50 bits per heavy atom. The third-order valence-electron chi connectivity index (χ3n) is 6.68. The number of piperidine rings is 1. The number of aromatic nitrogens is 1. The van der Waals surface area contributed by atoms with Crippen molar-refractivity contribution >= 4 is 17.7 Å². The van der Waals surface area contributed by atoms with Gasteiger partial charge in [0.05, 0.1) is 5.92 Å². The molecule has 1 aliphatic rings. The van der Waals surface area contributed by atoms with Crippen LogP contribution < -0.4 is 0 Å². The van der Waals surface area contributed by atoms with Crippen LogP contribution in [0.1, 0.15) is 50.5 Å². The number of likely N-dealkylation sites (tertiary alicyclic amines) is 1. The maximum atomic E-state index is 13.2. The summed E-state index contributed by atoms with van der Waals surface area (Å²) in [6.45, 7) is 4.64. The lowest BCUT2D eigenvalue weighted by Crippen LogP contribution is -2.40. The van der Waals surface area contributed by atoms with E-state index in [0.29, 0.717) is 43.6 Å². The molecule has 1 amide bonds. The Kier molecular flexibility index (Phi) is 7.62. The number of hydrogen-bond acceptors (Lipinski definition) is 4. The second-order valence-corrected chi connectivity index (χ2v) is 9.10. The van der Waals surface area contributed by atoms with E-state index in [-0.39, 0.29) is 30.0 Å². The summed E-state index contributed by atoms with van der Waals surface area (Å²) in [5.74, 6) is -2.03. The molecule has 0 spiro atoms. The minimum absolute atomic E-state index is 0.201. The van der Waals surface area contributed by atoms with Gasteiger partial charge >= 0.3 is 5.97 Å². The van der Waals surface area contributed by atoms with Gasteiger partial charge in [-0.25, -0.2) is 8.78 Å². The van der Waals surface area contributed by atoms with Crippen LogP contribution in [-0.2, 0) is 16.1 Å². The van der Waals surface area contributed by atoms with Crippen molar-refractivity contribution in [1.82, 2.24) is 9.47 Å². The third-order valence-corrected chi connectivity index (χ3v) is 6.68. The molecule has 1 aliphatic heterocycles. The van der Waals surface area contributed by atoms with Crippen LogP contribution in [0.4, 0.5) is 8.78 Å². The minimum atomic E-state index is -0.447. The standard InChI is InChI=1S/C28H28F2N2O4/c1-18-15-25(19(2)32(18)16-20-3-7-23(29)8-4-20)26(33)17-36-28(35)22-11-13-31(14-12-22)27(34)21-5-9-24(30)10-6-21/h3-10,15,22H,11-14,16-17H2,1-2H3. The van der Waals surface area contributed by atoms with Crippen LogP contribution in [0.25, 0.3) is 0 Å². The van der Waals surface area contributed by atoms with Gasteiger partial charge in [-0.2, -0.15) is 0 Å². The molecule has 0 radical (unpaired) electrons. The SMILES string of the molecule is Cc1cc(C(=O)COC(=O)C2CCN(C(=O)c3ccc(F)cc3)CC2)c(C)n1Cc1ccc(F)cc1. The average Bonchev–Trinajstić information content (AvgIpc) is 3.17. The molecular formula is C28H28F2N2O4. The van der Waals surface area contributed by atoms with Crippen molar-refractivity contribution in [1.29, 1.82) is 0 Å². The molecular weight excluding hydrogens is 466 g/mol. The van der Waals surface area contributed by atoms with Gasteiger partial charge in [0.2, 0.25) is 5.78 Å². The normalized spacial score (nSPS) is 14.1. The number of Topliss-reactive ketones (excluding diaryl/α,β-unsaturated/α-hetero) is 1. The minimum Gasteiger partial charge on any atom is -0.457 e. The van der Waals surface area contributed by atoms with E-state index in [1.807, 2.05) is 18.4 Å². The largest absolute Gasteiger partial charge is 0.457 e. The predicted molar refractivity (Wildman–Crippen MR) is 130 cm³/mol. The maximum absolute atomic E-state index is 13.2. The van der Waals surface area contributed by atoms with E-state index < -0.39 is 11.8 Å². The number of amides is 1. The van der Waals surface area contributed by atoms with Crippen molar-refractivity contribution < 1.29 is 27.9 Å². The van der Waals surface area contributed by atoms with Crippen LogP contribution in [0.15, 0.2) is 54.6 Å². The van der Waals surface area contributed by atoms with Crippen molar-refractivity contribution in [3.05, 3.63) is 94.3 Å². The number of benzene rings is 2. The smallest absolute Gasteiger partial charge is 0.309 e. The molecule has 0 N–H and O–H groups in total. The highest BCUT2D eigenvalue weighted by atomic mass is 19.1. The van der Waals surface area contributed by atoms with Crippen LogP contribution in [0, 0.1) is 31.4 Å². The Balaban J connectivity index is 1.29. The van der Waals surface area contributed by atoms with Gasteiger partial charge in [-0.05, 0) is 74.7 Å². The number of esters is 1. The van der Waals surface area contributed by atoms with Gasteiger partial charge < -0.3 is 14.2 Å². The summed E-state index contributed by atoms with van der Waals surface area (Å²) in [7, 11) is 0. The highest BCUT2D eigenvalue weighted by Crippen LogP contribution is 2.22. The van der Waals surface area contributed by atoms with Crippen LogP contribution >= 0.6 is 0 Å². The zero-order valence-electron chi connectivity index (χ0n) is 20.3. The molecule has 2 aromatic carbocycles. The van der Waals surface area contributed by atoms with E-state index in [1.165, 1.54) is 36.4 Å². The lowest BCUT2D eigenvalue weighted by Gasteiger charge is -2.31. The van der Waals surface area contributed by atoms with Crippen LogP contribution in [0.3, 0.4) is 0 Å². The molecule has 6 nitrogen and oxygen atoms in total. The van der Waals surface area contributed by atoms with E-state index >= 15 is 0 Å². The fraction of sp³-hybridized carbons (Fsp3) is 0.321. The number of ketones is 1. The van der Waals surface area contributed by atoms with Gasteiger partial charge in [-0.3, -0.25) is 14.4 Å². The number of aryl methyl sites for hydroxylation is 1. The number of carbonyl (C=O) groups excluding carboxylic acids is 3. The number of halogens is 2. The molecule has 1 aromatic heterocycles. The summed E-state index contributed by atoms with van der Waals surface area (Å²) in [4.78, 5) is 39.6. The molecule has 36 heavy (non-hydrogen) atoms. The molecule has 3 aromatic rings. The molecule has 2 heterocycles. The van der Waals surface area contributed by atoms with Crippen LogP contribution in [0.5, 0.6) is 0 Å². The van der Waals surface area contributed by atoms with Gasteiger partial charge in [0.15, 0.2) is 6.61 Å². The molecule has 4 rings (SSSR count). The number of rotatable bonds is 7.